The van der Waals surface area contributed by atoms with Crippen LogP contribution in [-0.2, 0) is 15.8 Å². The van der Waals surface area contributed by atoms with E-state index in [1.807, 2.05) is 12.1 Å². The number of anilines is 1. The van der Waals surface area contributed by atoms with Gasteiger partial charge in [-0.3, -0.25) is 4.72 Å². The fourth-order valence-corrected chi connectivity index (χ4v) is 3.52. The summed E-state index contributed by atoms with van der Waals surface area (Å²) in [5, 5.41) is 1.43. The van der Waals surface area contributed by atoms with Crippen molar-refractivity contribution < 1.29 is 8.42 Å². The van der Waals surface area contributed by atoms with Gasteiger partial charge < -0.3 is 4.98 Å². The van der Waals surface area contributed by atoms with E-state index >= 15 is 0 Å². The summed E-state index contributed by atoms with van der Waals surface area (Å²) in [5.41, 5.74) is 2.15. The molecular formula is C15H13ClN2O2S. The van der Waals surface area contributed by atoms with Crippen LogP contribution in [0, 0.1) is 0 Å². The van der Waals surface area contributed by atoms with Crippen LogP contribution < -0.4 is 4.72 Å². The van der Waals surface area contributed by atoms with Crippen molar-refractivity contribution >= 4 is 38.2 Å². The summed E-state index contributed by atoms with van der Waals surface area (Å²) in [5.74, 6) is -0.0923. The minimum atomic E-state index is -3.48. The Kier molecular flexibility index (Phi) is 3.61. The second kappa shape index (κ2) is 5.42. The monoisotopic (exact) mass is 320 g/mol. The zero-order valence-electron chi connectivity index (χ0n) is 11.0. The molecule has 0 bridgehead atoms. The summed E-state index contributed by atoms with van der Waals surface area (Å²) < 4.78 is 27.2. The molecule has 1 heterocycles. The summed E-state index contributed by atoms with van der Waals surface area (Å²) >= 11 is 5.80. The Morgan fingerprint density at radius 1 is 1.05 bits per heavy atom. The highest BCUT2D eigenvalue weighted by Crippen LogP contribution is 2.24. The lowest BCUT2D eigenvalue weighted by atomic mass is 10.2. The average Bonchev–Trinajstić information content (AvgIpc) is 2.90. The van der Waals surface area contributed by atoms with Crippen molar-refractivity contribution in [3.05, 3.63) is 65.3 Å². The minimum Gasteiger partial charge on any atom is -0.361 e. The first-order valence-corrected chi connectivity index (χ1v) is 8.37. The first kappa shape index (κ1) is 14.0. The SMILES string of the molecule is O=S(=O)(Cc1ccc(Cl)cc1)Nc1cccc2[nH]ccc12. The van der Waals surface area contributed by atoms with E-state index in [1.165, 1.54) is 0 Å². The minimum absolute atomic E-state index is 0.0923. The van der Waals surface area contributed by atoms with Gasteiger partial charge in [0.2, 0.25) is 10.0 Å². The largest absolute Gasteiger partial charge is 0.361 e. The number of nitrogens with one attached hydrogen (secondary N) is 2. The second-order valence-corrected chi connectivity index (χ2v) is 6.89. The molecule has 3 rings (SSSR count). The molecule has 108 valence electrons. The predicted molar refractivity (Wildman–Crippen MR) is 86.0 cm³/mol. The highest BCUT2D eigenvalue weighted by Gasteiger charge is 2.13. The molecule has 0 spiro atoms. The number of benzene rings is 2. The van der Waals surface area contributed by atoms with Gasteiger partial charge in [0.1, 0.15) is 0 Å². The molecule has 0 atom stereocenters. The number of hydrogen-bond donors (Lipinski definition) is 2. The topological polar surface area (TPSA) is 62.0 Å². The standard InChI is InChI=1S/C15H13ClN2O2S/c16-12-6-4-11(5-7-12)10-21(19,20)18-15-3-1-2-14-13(15)8-9-17-14/h1-9,17-18H,10H2. The third-order valence-electron chi connectivity index (χ3n) is 3.13. The Morgan fingerprint density at radius 3 is 2.57 bits per heavy atom. The Morgan fingerprint density at radius 2 is 1.81 bits per heavy atom. The molecule has 4 nitrogen and oxygen atoms in total. The number of halogens is 1. The van der Waals surface area contributed by atoms with Crippen LogP contribution in [0.4, 0.5) is 5.69 Å². The molecule has 0 amide bonds. The van der Waals surface area contributed by atoms with Crippen molar-refractivity contribution in [1.82, 2.24) is 4.98 Å². The average molecular weight is 321 g/mol. The highest BCUT2D eigenvalue weighted by molar-refractivity contribution is 7.91. The van der Waals surface area contributed by atoms with Gasteiger partial charge in [-0.25, -0.2) is 8.42 Å². The molecule has 6 heteroatoms. The van der Waals surface area contributed by atoms with E-state index in [2.05, 4.69) is 9.71 Å². The van der Waals surface area contributed by atoms with Gasteiger partial charge in [-0.2, -0.15) is 0 Å². The van der Waals surface area contributed by atoms with Gasteiger partial charge in [-0.15, -0.1) is 0 Å². The number of sulfonamides is 1. The zero-order chi connectivity index (χ0) is 14.9. The molecule has 0 saturated heterocycles. The van der Waals surface area contributed by atoms with Gasteiger partial charge in [-0.1, -0.05) is 29.8 Å². The van der Waals surface area contributed by atoms with Crippen molar-refractivity contribution in [2.75, 3.05) is 4.72 Å². The summed E-state index contributed by atoms with van der Waals surface area (Å²) in [6.45, 7) is 0. The fourth-order valence-electron chi connectivity index (χ4n) is 2.18. The van der Waals surface area contributed by atoms with Crippen molar-refractivity contribution in [1.29, 1.82) is 0 Å². The molecular weight excluding hydrogens is 308 g/mol. The third kappa shape index (κ3) is 3.20. The third-order valence-corrected chi connectivity index (χ3v) is 4.63. The molecule has 0 radical (unpaired) electrons. The van der Waals surface area contributed by atoms with E-state index in [1.54, 1.807) is 42.6 Å². The summed E-state index contributed by atoms with van der Waals surface area (Å²) in [6.07, 6.45) is 1.78. The number of H-pyrrole nitrogens is 1. The lowest BCUT2D eigenvalue weighted by Crippen LogP contribution is -2.15. The zero-order valence-corrected chi connectivity index (χ0v) is 12.6. The maximum absolute atomic E-state index is 12.3. The van der Waals surface area contributed by atoms with Crippen molar-refractivity contribution in [2.24, 2.45) is 0 Å². The number of aromatic amines is 1. The molecule has 0 saturated carbocycles. The first-order chi connectivity index (χ1) is 10.0. The Bertz CT molecular complexity index is 870. The van der Waals surface area contributed by atoms with Crippen molar-refractivity contribution in [3.8, 4) is 0 Å². The first-order valence-electron chi connectivity index (χ1n) is 6.34. The molecule has 0 aliphatic carbocycles. The molecule has 0 aliphatic heterocycles. The number of aromatic nitrogens is 1. The van der Waals surface area contributed by atoms with Crippen LogP contribution in [-0.4, -0.2) is 13.4 Å². The maximum atomic E-state index is 12.3. The molecule has 1 aromatic heterocycles. The van der Waals surface area contributed by atoms with Crippen molar-refractivity contribution in [2.45, 2.75) is 5.75 Å². The smallest absolute Gasteiger partial charge is 0.236 e. The van der Waals surface area contributed by atoms with Crippen LogP contribution in [0.3, 0.4) is 0 Å². The van der Waals surface area contributed by atoms with E-state index in [0.717, 1.165) is 10.9 Å². The van der Waals surface area contributed by atoms with Gasteiger partial charge in [0.15, 0.2) is 0 Å². The van der Waals surface area contributed by atoms with Gasteiger partial charge >= 0.3 is 0 Å². The normalized spacial score (nSPS) is 11.7. The van der Waals surface area contributed by atoms with Crippen LogP contribution in [0.25, 0.3) is 10.9 Å². The van der Waals surface area contributed by atoms with Crippen LogP contribution in [0.5, 0.6) is 0 Å². The summed E-state index contributed by atoms with van der Waals surface area (Å²) in [4.78, 5) is 3.05. The molecule has 2 aromatic carbocycles. The lowest BCUT2D eigenvalue weighted by Gasteiger charge is -2.09. The van der Waals surface area contributed by atoms with Gasteiger partial charge in [-0.05, 0) is 35.9 Å². The quantitative estimate of drug-likeness (QED) is 0.768. The van der Waals surface area contributed by atoms with Gasteiger partial charge in [0, 0.05) is 22.1 Å². The number of hydrogen-bond acceptors (Lipinski definition) is 2. The molecule has 0 aliphatic rings. The Labute approximate surface area is 127 Å². The lowest BCUT2D eigenvalue weighted by molar-refractivity contribution is 0.600. The molecule has 0 fully saturated rings. The Hall–Kier alpha value is -1.98. The Balaban J connectivity index is 1.86. The fraction of sp³-hybridized carbons (Fsp3) is 0.0667. The van der Waals surface area contributed by atoms with Crippen LogP contribution in [0.2, 0.25) is 5.02 Å². The van der Waals surface area contributed by atoms with Gasteiger partial charge in [0.05, 0.1) is 11.4 Å². The second-order valence-electron chi connectivity index (χ2n) is 4.73. The molecule has 21 heavy (non-hydrogen) atoms. The highest BCUT2D eigenvalue weighted by atomic mass is 35.5. The van der Waals surface area contributed by atoms with Crippen LogP contribution in [0.15, 0.2) is 54.7 Å². The summed E-state index contributed by atoms with van der Waals surface area (Å²) in [7, 11) is -3.48. The maximum Gasteiger partial charge on any atom is 0.236 e. The molecule has 3 aromatic rings. The van der Waals surface area contributed by atoms with Crippen molar-refractivity contribution in [3.63, 3.8) is 0 Å². The van der Waals surface area contributed by atoms with Crippen LogP contribution >= 0.6 is 11.6 Å². The molecule has 2 N–H and O–H groups in total. The van der Waals surface area contributed by atoms with E-state index in [4.69, 9.17) is 11.6 Å². The predicted octanol–water partition coefficient (Wildman–Crippen LogP) is 3.76. The number of fused-ring (bicyclic) bond motifs is 1. The van der Waals surface area contributed by atoms with E-state index in [-0.39, 0.29) is 5.75 Å². The number of rotatable bonds is 4. The summed E-state index contributed by atoms with van der Waals surface area (Å²) in [6, 6.07) is 14.1. The van der Waals surface area contributed by atoms with E-state index < -0.39 is 10.0 Å². The van der Waals surface area contributed by atoms with E-state index in [9.17, 15) is 8.42 Å². The van der Waals surface area contributed by atoms with E-state index in [0.29, 0.717) is 16.3 Å². The van der Waals surface area contributed by atoms with Gasteiger partial charge in [0.25, 0.3) is 0 Å². The van der Waals surface area contributed by atoms with Crippen LogP contribution in [0.1, 0.15) is 5.56 Å². The molecule has 0 unspecified atom stereocenters.